The van der Waals surface area contributed by atoms with Gasteiger partial charge in [0, 0.05) is 19.1 Å². The number of likely N-dealkylation sites (tertiary alicyclic amines) is 1. The fourth-order valence-electron chi connectivity index (χ4n) is 3.31. The van der Waals surface area contributed by atoms with Gasteiger partial charge in [-0.15, -0.1) is 0 Å². The van der Waals surface area contributed by atoms with Crippen molar-refractivity contribution in [2.24, 2.45) is 10.8 Å². The normalized spacial score (nSPS) is 25.1. The van der Waals surface area contributed by atoms with Crippen LogP contribution in [0.15, 0.2) is 0 Å². The van der Waals surface area contributed by atoms with Crippen molar-refractivity contribution in [3.63, 3.8) is 0 Å². The molecule has 3 heteroatoms. The van der Waals surface area contributed by atoms with Crippen molar-refractivity contribution in [3.05, 3.63) is 0 Å². The van der Waals surface area contributed by atoms with Crippen LogP contribution in [0.25, 0.3) is 0 Å². The van der Waals surface area contributed by atoms with Gasteiger partial charge in [-0.2, -0.15) is 0 Å². The monoisotopic (exact) mass is 239 g/mol. The standard InChI is InChI=1S/C14H25NO2/c1-13(2,3)8-11(7-12(16)17)15-9-14(10-15)5-4-6-14/h11H,4-10H2,1-3H3,(H,16,17). The molecule has 0 radical (unpaired) electrons. The van der Waals surface area contributed by atoms with E-state index in [1.807, 2.05) is 0 Å². The Morgan fingerprint density at radius 2 is 1.94 bits per heavy atom. The summed E-state index contributed by atoms with van der Waals surface area (Å²) in [7, 11) is 0. The van der Waals surface area contributed by atoms with Gasteiger partial charge in [0.05, 0.1) is 6.42 Å². The Balaban J connectivity index is 1.89. The van der Waals surface area contributed by atoms with Crippen LogP contribution in [0.4, 0.5) is 0 Å². The Labute approximate surface area is 104 Å². The van der Waals surface area contributed by atoms with Crippen LogP contribution < -0.4 is 0 Å². The summed E-state index contributed by atoms with van der Waals surface area (Å²) in [5.74, 6) is -0.659. The Morgan fingerprint density at radius 3 is 2.29 bits per heavy atom. The lowest BCUT2D eigenvalue weighted by molar-refractivity contribution is -0.142. The van der Waals surface area contributed by atoms with E-state index in [-0.39, 0.29) is 11.5 Å². The van der Waals surface area contributed by atoms with Crippen molar-refractivity contribution in [2.75, 3.05) is 13.1 Å². The molecular weight excluding hydrogens is 214 g/mol. The largest absolute Gasteiger partial charge is 0.481 e. The summed E-state index contributed by atoms with van der Waals surface area (Å²) in [6.07, 6.45) is 5.37. The summed E-state index contributed by atoms with van der Waals surface area (Å²) in [5.41, 5.74) is 0.803. The molecule has 1 heterocycles. The zero-order valence-electron chi connectivity index (χ0n) is 11.3. The number of hydrogen-bond donors (Lipinski definition) is 1. The molecule has 1 N–H and O–H groups in total. The number of carboxylic acids is 1. The first kappa shape index (κ1) is 12.9. The van der Waals surface area contributed by atoms with E-state index in [0.29, 0.717) is 11.8 Å². The Bertz CT molecular complexity index is 294. The Morgan fingerprint density at radius 1 is 1.35 bits per heavy atom. The lowest BCUT2D eigenvalue weighted by Gasteiger charge is -2.58. The van der Waals surface area contributed by atoms with Gasteiger partial charge in [0.1, 0.15) is 0 Å². The maximum Gasteiger partial charge on any atom is 0.304 e. The van der Waals surface area contributed by atoms with Crippen LogP contribution in [0.2, 0.25) is 0 Å². The van der Waals surface area contributed by atoms with Crippen LogP contribution in [0, 0.1) is 10.8 Å². The average Bonchev–Trinajstić information content (AvgIpc) is 1.92. The summed E-state index contributed by atoms with van der Waals surface area (Å²) >= 11 is 0. The number of aliphatic carboxylic acids is 1. The minimum Gasteiger partial charge on any atom is -0.481 e. The van der Waals surface area contributed by atoms with Gasteiger partial charge >= 0.3 is 5.97 Å². The fourth-order valence-corrected chi connectivity index (χ4v) is 3.31. The molecule has 2 rings (SSSR count). The molecule has 0 amide bonds. The first-order valence-electron chi connectivity index (χ1n) is 6.76. The van der Waals surface area contributed by atoms with E-state index >= 15 is 0 Å². The van der Waals surface area contributed by atoms with Gasteiger partial charge in [-0.25, -0.2) is 0 Å². The van der Waals surface area contributed by atoms with Crippen molar-refractivity contribution in [2.45, 2.75) is 58.9 Å². The molecule has 1 atom stereocenters. The first-order chi connectivity index (χ1) is 7.80. The van der Waals surface area contributed by atoms with Crippen molar-refractivity contribution in [1.82, 2.24) is 4.90 Å². The van der Waals surface area contributed by atoms with E-state index in [9.17, 15) is 4.79 Å². The minimum absolute atomic E-state index is 0.211. The van der Waals surface area contributed by atoms with Crippen molar-refractivity contribution in [1.29, 1.82) is 0 Å². The SMILES string of the molecule is CC(C)(C)CC(CC(=O)O)N1CC2(CCC2)C1. The number of carbonyl (C=O) groups is 1. The fraction of sp³-hybridized carbons (Fsp3) is 0.929. The topological polar surface area (TPSA) is 40.5 Å². The van der Waals surface area contributed by atoms with Crippen LogP contribution in [-0.2, 0) is 4.79 Å². The van der Waals surface area contributed by atoms with Gasteiger partial charge in [0.25, 0.3) is 0 Å². The number of hydrogen-bond acceptors (Lipinski definition) is 2. The highest BCUT2D eigenvalue weighted by molar-refractivity contribution is 5.67. The van der Waals surface area contributed by atoms with E-state index in [1.165, 1.54) is 19.3 Å². The summed E-state index contributed by atoms with van der Waals surface area (Å²) in [6.45, 7) is 8.87. The molecule has 0 aromatic heterocycles. The number of carboxylic acid groups (broad SMARTS) is 1. The van der Waals surface area contributed by atoms with Gasteiger partial charge in [-0.3, -0.25) is 9.69 Å². The smallest absolute Gasteiger partial charge is 0.304 e. The molecule has 2 fully saturated rings. The molecule has 0 aromatic rings. The van der Waals surface area contributed by atoms with Crippen LogP contribution in [0.5, 0.6) is 0 Å². The predicted molar refractivity (Wildman–Crippen MR) is 68.0 cm³/mol. The third-order valence-electron chi connectivity index (χ3n) is 4.27. The zero-order valence-corrected chi connectivity index (χ0v) is 11.3. The van der Waals surface area contributed by atoms with Crippen molar-refractivity contribution in [3.8, 4) is 0 Å². The van der Waals surface area contributed by atoms with Gasteiger partial charge in [0.2, 0.25) is 0 Å². The van der Waals surface area contributed by atoms with Crippen molar-refractivity contribution >= 4 is 5.97 Å². The summed E-state index contributed by atoms with van der Waals surface area (Å²) in [5, 5.41) is 9.02. The van der Waals surface area contributed by atoms with Gasteiger partial charge in [0.15, 0.2) is 0 Å². The van der Waals surface area contributed by atoms with E-state index in [1.54, 1.807) is 0 Å². The first-order valence-corrected chi connectivity index (χ1v) is 6.76. The quantitative estimate of drug-likeness (QED) is 0.820. The summed E-state index contributed by atoms with van der Waals surface area (Å²) in [6, 6.07) is 0.235. The summed E-state index contributed by atoms with van der Waals surface area (Å²) < 4.78 is 0. The molecule has 1 unspecified atom stereocenters. The molecule has 17 heavy (non-hydrogen) atoms. The van der Waals surface area contributed by atoms with Gasteiger partial charge in [-0.1, -0.05) is 27.2 Å². The second kappa shape index (κ2) is 4.27. The van der Waals surface area contributed by atoms with E-state index < -0.39 is 5.97 Å². The lowest BCUT2D eigenvalue weighted by atomic mass is 9.63. The molecular formula is C14H25NO2. The molecule has 2 aliphatic rings. The highest BCUT2D eigenvalue weighted by atomic mass is 16.4. The molecule has 1 aliphatic heterocycles. The van der Waals surface area contributed by atoms with Crippen LogP contribution in [-0.4, -0.2) is 35.1 Å². The average molecular weight is 239 g/mol. The third-order valence-corrected chi connectivity index (χ3v) is 4.27. The van der Waals surface area contributed by atoms with Gasteiger partial charge in [-0.05, 0) is 30.1 Å². The molecule has 1 aliphatic carbocycles. The summed E-state index contributed by atoms with van der Waals surface area (Å²) in [4.78, 5) is 13.4. The van der Waals surface area contributed by atoms with Crippen LogP contribution >= 0.6 is 0 Å². The number of rotatable bonds is 4. The molecule has 98 valence electrons. The molecule has 3 nitrogen and oxygen atoms in total. The van der Waals surface area contributed by atoms with Crippen LogP contribution in [0.1, 0.15) is 52.9 Å². The Kier molecular flexibility index (Phi) is 3.23. The minimum atomic E-state index is -0.659. The van der Waals surface area contributed by atoms with E-state index in [2.05, 4.69) is 25.7 Å². The van der Waals surface area contributed by atoms with Gasteiger partial charge < -0.3 is 5.11 Å². The van der Waals surface area contributed by atoms with E-state index in [4.69, 9.17) is 5.11 Å². The molecule has 1 saturated carbocycles. The second-order valence-electron chi connectivity index (χ2n) is 7.28. The molecule has 1 saturated heterocycles. The maximum atomic E-state index is 11.0. The molecule has 0 bridgehead atoms. The lowest BCUT2D eigenvalue weighted by Crippen LogP contribution is -2.63. The Hall–Kier alpha value is -0.570. The highest BCUT2D eigenvalue weighted by Gasteiger charge is 2.49. The third kappa shape index (κ3) is 3.01. The zero-order chi connectivity index (χ0) is 12.7. The van der Waals surface area contributed by atoms with Crippen LogP contribution in [0.3, 0.4) is 0 Å². The van der Waals surface area contributed by atoms with Crippen molar-refractivity contribution < 1.29 is 9.90 Å². The maximum absolute atomic E-state index is 11.0. The van der Waals surface area contributed by atoms with E-state index in [0.717, 1.165) is 19.5 Å². The second-order valence-corrected chi connectivity index (χ2v) is 7.28. The molecule has 1 spiro atoms. The number of nitrogens with zero attached hydrogens (tertiary/aromatic N) is 1. The highest BCUT2D eigenvalue weighted by Crippen LogP contribution is 2.49. The predicted octanol–water partition coefficient (Wildman–Crippen LogP) is 2.75. The molecule has 0 aromatic carbocycles.